The third-order valence-corrected chi connectivity index (χ3v) is 2.90. The molecule has 90 valence electrons. The van der Waals surface area contributed by atoms with Crippen molar-refractivity contribution >= 4 is 17.8 Å². The fraction of sp³-hybridized carbons (Fsp3) is 0.727. The van der Waals surface area contributed by atoms with Crippen molar-refractivity contribution in [2.75, 3.05) is 0 Å². The second kappa shape index (κ2) is 5.09. The lowest BCUT2D eigenvalue weighted by atomic mass is 10.0. The van der Waals surface area contributed by atoms with Crippen LogP contribution in [0.2, 0.25) is 0 Å². The summed E-state index contributed by atoms with van der Waals surface area (Å²) in [7, 11) is 0. The van der Waals surface area contributed by atoms with E-state index in [1.54, 1.807) is 6.92 Å². The van der Waals surface area contributed by atoms with Crippen LogP contribution in [-0.4, -0.2) is 33.8 Å². The Hall–Kier alpha value is -1.39. The van der Waals surface area contributed by atoms with Gasteiger partial charge in [-0.05, 0) is 12.8 Å². The summed E-state index contributed by atoms with van der Waals surface area (Å²) in [5.74, 6) is -2.09. The summed E-state index contributed by atoms with van der Waals surface area (Å²) >= 11 is 0. The topological polar surface area (TPSA) is 74.7 Å². The monoisotopic (exact) mass is 227 g/mol. The summed E-state index contributed by atoms with van der Waals surface area (Å²) in [6, 6.07) is -0.998. The molecule has 1 N–H and O–H groups in total. The van der Waals surface area contributed by atoms with Crippen LogP contribution in [0, 0.1) is 5.92 Å². The first kappa shape index (κ1) is 12.7. The molecule has 0 aromatic heterocycles. The van der Waals surface area contributed by atoms with E-state index in [2.05, 4.69) is 0 Å². The fourth-order valence-electron chi connectivity index (χ4n) is 2.09. The molecular formula is C11H17NO4. The van der Waals surface area contributed by atoms with Crippen LogP contribution < -0.4 is 0 Å². The Labute approximate surface area is 94.4 Å². The molecule has 0 aliphatic carbocycles. The number of imide groups is 1. The van der Waals surface area contributed by atoms with E-state index >= 15 is 0 Å². The summed E-state index contributed by atoms with van der Waals surface area (Å²) < 4.78 is 0. The van der Waals surface area contributed by atoms with E-state index in [9.17, 15) is 14.4 Å². The Kier molecular flexibility index (Phi) is 4.04. The van der Waals surface area contributed by atoms with Crippen LogP contribution in [0.1, 0.15) is 39.5 Å². The Balaban J connectivity index is 2.84. The summed E-state index contributed by atoms with van der Waals surface area (Å²) in [5, 5.41) is 8.94. The van der Waals surface area contributed by atoms with Crippen LogP contribution in [0.15, 0.2) is 0 Å². The van der Waals surface area contributed by atoms with E-state index in [1.807, 2.05) is 6.92 Å². The van der Waals surface area contributed by atoms with E-state index < -0.39 is 12.0 Å². The first-order valence-corrected chi connectivity index (χ1v) is 5.61. The molecule has 1 fully saturated rings. The van der Waals surface area contributed by atoms with Crippen LogP contribution >= 0.6 is 0 Å². The van der Waals surface area contributed by atoms with Gasteiger partial charge in [0.1, 0.15) is 6.04 Å². The van der Waals surface area contributed by atoms with Gasteiger partial charge in [0.25, 0.3) is 0 Å². The number of nitrogens with zero attached hydrogens (tertiary/aromatic N) is 1. The maximum atomic E-state index is 11.9. The molecule has 1 aliphatic heterocycles. The van der Waals surface area contributed by atoms with Crippen molar-refractivity contribution in [1.29, 1.82) is 0 Å². The highest BCUT2D eigenvalue weighted by Gasteiger charge is 2.43. The molecule has 1 heterocycles. The molecule has 0 spiro atoms. The van der Waals surface area contributed by atoms with Gasteiger partial charge in [-0.3, -0.25) is 14.5 Å². The number of hydrogen-bond donors (Lipinski definition) is 1. The van der Waals surface area contributed by atoms with Gasteiger partial charge in [0, 0.05) is 12.3 Å². The van der Waals surface area contributed by atoms with Gasteiger partial charge in [-0.1, -0.05) is 20.3 Å². The standard InChI is InChI=1S/C11H17NO4/c1-3-5-7-6-9(13)12(10(7)14)8(4-2)11(15)16/h7-8H,3-6H2,1-2H3,(H,15,16)/t7?,8-/m0/s1. The third kappa shape index (κ3) is 2.23. The zero-order valence-electron chi connectivity index (χ0n) is 9.60. The number of carboxylic acids is 1. The smallest absolute Gasteiger partial charge is 0.326 e. The van der Waals surface area contributed by atoms with Gasteiger partial charge in [0.15, 0.2) is 0 Å². The molecule has 5 nitrogen and oxygen atoms in total. The molecule has 2 amide bonds. The normalized spacial score (nSPS) is 22.6. The number of hydrogen-bond acceptors (Lipinski definition) is 3. The minimum absolute atomic E-state index is 0.163. The number of carboxylic acid groups (broad SMARTS) is 1. The zero-order valence-corrected chi connectivity index (χ0v) is 9.60. The number of likely N-dealkylation sites (tertiary alicyclic amines) is 1. The van der Waals surface area contributed by atoms with Crippen molar-refractivity contribution < 1.29 is 19.5 Å². The van der Waals surface area contributed by atoms with Crippen molar-refractivity contribution in [3.05, 3.63) is 0 Å². The maximum Gasteiger partial charge on any atom is 0.326 e. The molecular weight excluding hydrogens is 210 g/mol. The lowest BCUT2D eigenvalue weighted by Gasteiger charge is -2.21. The highest BCUT2D eigenvalue weighted by atomic mass is 16.4. The molecule has 5 heteroatoms. The minimum atomic E-state index is -1.11. The van der Waals surface area contributed by atoms with Gasteiger partial charge in [-0.15, -0.1) is 0 Å². The van der Waals surface area contributed by atoms with Crippen molar-refractivity contribution in [1.82, 2.24) is 4.90 Å². The molecule has 0 aromatic rings. The first-order chi connectivity index (χ1) is 7.52. The molecule has 0 radical (unpaired) electrons. The van der Waals surface area contributed by atoms with E-state index in [4.69, 9.17) is 5.11 Å². The Morgan fingerprint density at radius 3 is 2.56 bits per heavy atom. The molecule has 16 heavy (non-hydrogen) atoms. The van der Waals surface area contributed by atoms with Gasteiger partial charge in [-0.2, -0.15) is 0 Å². The van der Waals surface area contributed by atoms with Crippen molar-refractivity contribution in [2.45, 2.75) is 45.6 Å². The van der Waals surface area contributed by atoms with Crippen LogP contribution in [-0.2, 0) is 14.4 Å². The largest absolute Gasteiger partial charge is 0.480 e. The van der Waals surface area contributed by atoms with Gasteiger partial charge >= 0.3 is 5.97 Å². The van der Waals surface area contributed by atoms with Crippen molar-refractivity contribution in [3.8, 4) is 0 Å². The van der Waals surface area contributed by atoms with Crippen LogP contribution in [0.3, 0.4) is 0 Å². The molecule has 1 saturated heterocycles. The molecule has 1 unspecified atom stereocenters. The Morgan fingerprint density at radius 1 is 1.50 bits per heavy atom. The van der Waals surface area contributed by atoms with Gasteiger partial charge < -0.3 is 5.11 Å². The quantitative estimate of drug-likeness (QED) is 0.712. The fourth-order valence-corrected chi connectivity index (χ4v) is 2.09. The second-order valence-electron chi connectivity index (χ2n) is 4.05. The number of carbonyl (C=O) groups excluding carboxylic acids is 2. The molecule has 2 atom stereocenters. The van der Waals surface area contributed by atoms with Crippen LogP contribution in [0.25, 0.3) is 0 Å². The first-order valence-electron chi connectivity index (χ1n) is 5.61. The molecule has 0 saturated carbocycles. The molecule has 0 bridgehead atoms. The number of aliphatic carboxylic acids is 1. The summed E-state index contributed by atoms with van der Waals surface area (Å²) in [6.07, 6.45) is 1.89. The SMILES string of the molecule is CCCC1CC(=O)N([C@@H](CC)C(=O)O)C1=O. The lowest BCUT2D eigenvalue weighted by molar-refractivity contribution is -0.154. The number of rotatable bonds is 5. The predicted octanol–water partition coefficient (Wildman–Crippen LogP) is 1.02. The maximum absolute atomic E-state index is 11.9. The van der Waals surface area contributed by atoms with Crippen LogP contribution in [0.4, 0.5) is 0 Å². The number of carbonyl (C=O) groups is 3. The Bertz CT molecular complexity index is 313. The van der Waals surface area contributed by atoms with Gasteiger partial charge in [0.2, 0.25) is 11.8 Å². The Morgan fingerprint density at radius 2 is 2.12 bits per heavy atom. The van der Waals surface area contributed by atoms with Crippen LogP contribution in [0.5, 0.6) is 0 Å². The second-order valence-corrected chi connectivity index (χ2v) is 4.05. The lowest BCUT2D eigenvalue weighted by Crippen LogP contribution is -2.44. The highest BCUT2D eigenvalue weighted by molar-refractivity contribution is 6.06. The van der Waals surface area contributed by atoms with Gasteiger partial charge in [0.05, 0.1) is 0 Å². The van der Waals surface area contributed by atoms with E-state index in [-0.39, 0.29) is 30.6 Å². The summed E-state index contributed by atoms with van der Waals surface area (Å²) in [6.45, 7) is 3.60. The highest BCUT2D eigenvalue weighted by Crippen LogP contribution is 2.26. The zero-order chi connectivity index (χ0) is 12.3. The predicted molar refractivity (Wildman–Crippen MR) is 56.6 cm³/mol. The van der Waals surface area contributed by atoms with Crippen molar-refractivity contribution in [2.24, 2.45) is 5.92 Å². The average molecular weight is 227 g/mol. The van der Waals surface area contributed by atoms with Crippen molar-refractivity contribution in [3.63, 3.8) is 0 Å². The molecule has 1 aliphatic rings. The number of amides is 2. The van der Waals surface area contributed by atoms with E-state index in [0.29, 0.717) is 6.42 Å². The summed E-state index contributed by atoms with van der Waals surface area (Å²) in [5.41, 5.74) is 0. The van der Waals surface area contributed by atoms with E-state index in [1.165, 1.54) is 0 Å². The molecule has 0 aromatic carbocycles. The average Bonchev–Trinajstić information content (AvgIpc) is 2.47. The third-order valence-electron chi connectivity index (χ3n) is 2.90. The molecule has 1 rings (SSSR count). The summed E-state index contributed by atoms with van der Waals surface area (Å²) in [4.78, 5) is 35.3. The van der Waals surface area contributed by atoms with E-state index in [0.717, 1.165) is 11.3 Å². The minimum Gasteiger partial charge on any atom is -0.480 e. The van der Waals surface area contributed by atoms with Gasteiger partial charge in [-0.25, -0.2) is 4.79 Å².